The number of ether oxygens (including phenoxy) is 1. The van der Waals surface area contributed by atoms with Gasteiger partial charge in [-0.15, -0.1) is 0 Å². The molecule has 0 aliphatic heterocycles. The molecule has 0 heterocycles. The zero-order chi connectivity index (χ0) is 11.3. The van der Waals surface area contributed by atoms with Crippen molar-refractivity contribution in [3.63, 3.8) is 0 Å². The van der Waals surface area contributed by atoms with Crippen molar-refractivity contribution in [2.75, 3.05) is 6.61 Å². The fraction of sp³-hybridized carbons (Fsp3) is 0.364. The van der Waals surface area contributed by atoms with Gasteiger partial charge in [0, 0.05) is 0 Å². The summed E-state index contributed by atoms with van der Waals surface area (Å²) in [6.45, 7) is 4.53. The van der Waals surface area contributed by atoms with Crippen LogP contribution in [-0.4, -0.2) is 26.4 Å². The van der Waals surface area contributed by atoms with Gasteiger partial charge < -0.3 is 0 Å². The Bertz CT molecular complexity index is 322. The minimum absolute atomic E-state index is 0.126. The number of hydrogen-bond donors (Lipinski definition) is 0. The van der Waals surface area contributed by atoms with Crippen LogP contribution in [0, 0.1) is 5.92 Å². The van der Waals surface area contributed by atoms with Crippen molar-refractivity contribution in [2.24, 2.45) is 5.92 Å². The van der Waals surface area contributed by atoms with Crippen LogP contribution in [0.25, 0.3) is 0 Å². The predicted molar refractivity (Wildman–Crippen MR) is 63.0 cm³/mol. The Morgan fingerprint density at radius 1 is 1.40 bits per heavy atom. The van der Waals surface area contributed by atoms with Gasteiger partial charge >= 0.3 is 101 Å². The Labute approximate surface area is 101 Å². The first kappa shape index (κ1) is 12.6. The van der Waals surface area contributed by atoms with E-state index in [0.29, 0.717) is 17.5 Å². The van der Waals surface area contributed by atoms with Crippen LogP contribution in [0.15, 0.2) is 24.3 Å². The molecule has 1 aromatic rings. The zero-order valence-electron chi connectivity index (χ0n) is 8.70. The van der Waals surface area contributed by atoms with E-state index in [1.165, 1.54) is 0 Å². The summed E-state index contributed by atoms with van der Waals surface area (Å²) in [7, 11) is 0. The maximum absolute atomic E-state index is 11.4. The molecule has 0 radical (unpaired) electrons. The molecule has 0 unspecified atom stereocenters. The third-order valence-corrected chi connectivity index (χ3v) is 3.46. The van der Waals surface area contributed by atoms with Gasteiger partial charge in [-0.1, -0.05) is 0 Å². The molecule has 82 valence electrons. The van der Waals surface area contributed by atoms with E-state index in [4.69, 9.17) is 16.3 Å². The molecule has 1 aromatic carbocycles. The molecule has 4 heteroatoms. The van der Waals surface area contributed by atoms with Crippen LogP contribution in [0.2, 0.25) is 5.02 Å². The third kappa shape index (κ3) is 5.22. The topological polar surface area (TPSA) is 26.3 Å². The number of carbonyl (C=O) groups excluding carboxylic acids is 1. The van der Waals surface area contributed by atoms with Gasteiger partial charge in [-0.3, -0.25) is 0 Å². The first-order valence-electron chi connectivity index (χ1n) is 4.68. The molecule has 0 amide bonds. The van der Waals surface area contributed by atoms with Crippen LogP contribution in [0.5, 0.6) is 0 Å². The second-order valence-corrected chi connectivity index (χ2v) is 6.06. The SMILES string of the molecule is CC(C)COC(=O)[Se]c1ccc(Cl)cc1. The number of hydrogen-bond acceptors (Lipinski definition) is 2. The molecule has 0 aliphatic carbocycles. The normalized spacial score (nSPS) is 10.4. The zero-order valence-corrected chi connectivity index (χ0v) is 11.2. The molecule has 0 bridgehead atoms. The fourth-order valence-electron chi connectivity index (χ4n) is 0.863. The molecule has 0 atom stereocenters. The van der Waals surface area contributed by atoms with Crippen molar-refractivity contribution >= 4 is 35.9 Å². The van der Waals surface area contributed by atoms with Crippen molar-refractivity contribution in [1.82, 2.24) is 0 Å². The van der Waals surface area contributed by atoms with Gasteiger partial charge in [-0.05, 0) is 0 Å². The molecular weight excluding hydrogens is 279 g/mol. The standard InChI is InChI=1S/C11H13ClO2Se/c1-8(2)7-14-11(13)15-10-5-3-9(12)4-6-10/h3-6,8H,7H2,1-2H3. The van der Waals surface area contributed by atoms with Gasteiger partial charge in [0.15, 0.2) is 0 Å². The third-order valence-electron chi connectivity index (χ3n) is 1.55. The molecule has 1 rings (SSSR count). The van der Waals surface area contributed by atoms with Gasteiger partial charge in [0.1, 0.15) is 0 Å². The summed E-state index contributed by atoms with van der Waals surface area (Å²) in [6, 6.07) is 7.29. The van der Waals surface area contributed by atoms with Crippen LogP contribution in [0.1, 0.15) is 13.8 Å². The van der Waals surface area contributed by atoms with Gasteiger partial charge in [0.05, 0.1) is 0 Å². The number of benzene rings is 1. The molecule has 0 fully saturated rings. The summed E-state index contributed by atoms with van der Waals surface area (Å²) in [5.41, 5.74) is 0. The molecular formula is C11H13ClO2Se. The van der Waals surface area contributed by atoms with Gasteiger partial charge in [0.25, 0.3) is 0 Å². The van der Waals surface area contributed by atoms with E-state index in [0.717, 1.165) is 4.46 Å². The van der Waals surface area contributed by atoms with Crippen LogP contribution in [0.4, 0.5) is 4.79 Å². The molecule has 0 N–H and O–H groups in total. The number of halogens is 1. The van der Waals surface area contributed by atoms with Gasteiger partial charge in [0.2, 0.25) is 0 Å². The Hall–Kier alpha value is -0.501. The van der Waals surface area contributed by atoms with Crippen molar-refractivity contribution in [3.8, 4) is 0 Å². The average Bonchev–Trinajstić information content (AvgIpc) is 2.19. The Morgan fingerprint density at radius 3 is 2.53 bits per heavy atom. The van der Waals surface area contributed by atoms with Crippen LogP contribution < -0.4 is 4.46 Å². The van der Waals surface area contributed by atoms with Gasteiger partial charge in [-0.25, -0.2) is 0 Å². The van der Waals surface area contributed by atoms with Gasteiger partial charge in [-0.2, -0.15) is 0 Å². The van der Waals surface area contributed by atoms with E-state index in [2.05, 4.69) is 0 Å². The summed E-state index contributed by atoms with van der Waals surface area (Å²) in [4.78, 5) is 11.2. The fourth-order valence-corrected chi connectivity index (χ4v) is 2.23. The first-order chi connectivity index (χ1) is 7.08. The van der Waals surface area contributed by atoms with Crippen LogP contribution in [-0.2, 0) is 4.74 Å². The summed E-state index contributed by atoms with van der Waals surface area (Å²) in [5.74, 6) is 0.384. The van der Waals surface area contributed by atoms with Crippen molar-refractivity contribution in [3.05, 3.63) is 29.3 Å². The summed E-state index contributed by atoms with van der Waals surface area (Å²) in [5, 5.41) is 0.685. The van der Waals surface area contributed by atoms with E-state index < -0.39 is 0 Å². The Morgan fingerprint density at radius 2 is 2.00 bits per heavy atom. The Kier molecular flexibility index (Phi) is 5.16. The molecule has 0 aliphatic rings. The van der Waals surface area contributed by atoms with E-state index in [1.54, 1.807) is 12.1 Å². The quantitative estimate of drug-likeness (QED) is 0.797. The van der Waals surface area contributed by atoms with E-state index >= 15 is 0 Å². The van der Waals surface area contributed by atoms with Crippen molar-refractivity contribution < 1.29 is 9.53 Å². The molecule has 15 heavy (non-hydrogen) atoms. The first-order valence-corrected chi connectivity index (χ1v) is 6.77. The van der Waals surface area contributed by atoms with E-state index in [1.807, 2.05) is 26.0 Å². The van der Waals surface area contributed by atoms with Crippen molar-refractivity contribution in [2.45, 2.75) is 13.8 Å². The molecule has 0 saturated carbocycles. The summed E-state index contributed by atoms with van der Waals surface area (Å²) >= 11 is 5.48. The number of carbonyl (C=O) groups is 1. The molecule has 0 saturated heterocycles. The number of rotatable bonds is 4. The van der Waals surface area contributed by atoms with E-state index in [9.17, 15) is 4.79 Å². The molecule has 0 spiro atoms. The van der Waals surface area contributed by atoms with E-state index in [-0.39, 0.29) is 19.8 Å². The van der Waals surface area contributed by atoms with Crippen molar-refractivity contribution in [1.29, 1.82) is 0 Å². The second-order valence-electron chi connectivity index (χ2n) is 3.51. The Balaban J connectivity index is 2.41. The summed E-state index contributed by atoms with van der Waals surface area (Å²) in [6.07, 6.45) is 0. The monoisotopic (exact) mass is 292 g/mol. The predicted octanol–water partition coefficient (Wildman–Crippen LogP) is 2.46. The summed E-state index contributed by atoms with van der Waals surface area (Å²) < 4.78 is 6.08. The minimum atomic E-state index is -0.264. The van der Waals surface area contributed by atoms with Crippen LogP contribution in [0.3, 0.4) is 0 Å². The second kappa shape index (κ2) is 6.16. The molecule has 2 nitrogen and oxygen atoms in total. The van der Waals surface area contributed by atoms with Crippen LogP contribution >= 0.6 is 11.6 Å². The average molecular weight is 292 g/mol. The molecule has 0 aromatic heterocycles. The maximum atomic E-state index is 11.4.